The first-order valence-electron chi connectivity index (χ1n) is 9.19. The van der Waals surface area contributed by atoms with Crippen molar-refractivity contribution in [1.29, 1.82) is 0 Å². The second-order valence-electron chi connectivity index (χ2n) is 8.59. The molecule has 0 aliphatic heterocycles. The van der Waals surface area contributed by atoms with Crippen LogP contribution in [-0.2, 0) is 15.6 Å². The van der Waals surface area contributed by atoms with E-state index in [0.717, 1.165) is 18.4 Å². The lowest BCUT2D eigenvalue weighted by atomic mass is 9.63. The van der Waals surface area contributed by atoms with Crippen molar-refractivity contribution in [1.82, 2.24) is 10.2 Å². The second kappa shape index (κ2) is 7.19. The minimum absolute atomic E-state index is 0.0338. The van der Waals surface area contributed by atoms with Gasteiger partial charge in [-0.25, -0.2) is 0 Å². The van der Waals surface area contributed by atoms with Crippen LogP contribution in [0.2, 0.25) is 0 Å². The highest BCUT2D eigenvalue weighted by atomic mass is 16.2. The molecule has 0 unspecified atom stereocenters. The van der Waals surface area contributed by atoms with Gasteiger partial charge in [0, 0.05) is 32.6 Å². The first-order chi connectivity index (χ1) is 11.5. The van der Waals surface area contributed by atoms with E-state index < -0.39 is 0 Å². The topological polar surface area (TPSA) is 49.4 Å². The van der Waals surface area contributed by atoms with Crippen LogP contribution < -0.4 is 5.32 Å². The fourth-order valence-corrected chi connectivity index (χ4v) is 3.62. The number of nitrogens with zero attached hydrogens (tertiary/aromatic N) is 1. The summed E-state index contributed by atoms with van der Waals surface area (Å²) in [7, 11) is 1.82. The van der Waals surface area contributed by atoms with Gasteiger partial charge >= 0.3 is 0 Å². The average molecular weight is 344 g/mol. The molecule has 1 aromatic rings. The highest BCUT2D eigenvalue weighted by molar-refractivity contribution is 5.94. The Morgan fingerprint density at radius 2 is 1.68 bits per heavy atom. The van der Waals surface area contributed by atoms with Crippen LogP contribution in [0.3, 0.4) is 0 Å². The Bertz CT molecular complexity index is 662. The number of hydrogen-bond acceptors (Lipinski definition) is 2. The van der Waals surface area contributed by atoms with Crippen LogP contribution in [0.1, 0.15) is 75.4 Å². The van der Waals surface area contributed by atoms with Crippen LogP contribution in [-0.4, -0.2) is 36.9 Å². The predicted molar refractivity (Wildman–Crippen MR) is 102 cm³/mol. The van der Waals surface area contributed by atoms with E-state index in [-0.39, 0.29) is 22.6 Å². The molecule has 2 amide bonds. The van der Waals surface area contributed by atoms with E-state index in [1.54, 1.807) is 4.90 Å². The van der Waals surface area contributed by atoms with Gasteiger partial charge in [0.25, 0.3) is 5.91 Å². The lowest BCUT2D eigenvalue weighted by molar-refractivity contribution is -0.118. The Hall–Kier alpha value is -1.84. The average Bonchev–Trinajstić information content (AvgIpc) is 2.54. The number of hydrogen-bond donors (Lipinski definition) is 1. The molecule has 0 fully saturated rings. The van der Waals surface area contributed by atoms with Crippen LogP contribution in [0.5, 0.6) is 0 Å². The highest BCUT2D eigenvalue weighted by Crippen LogP contribution is 2.45. The third-order valence-electron chi connectivity index (χ3n) is 5.49. The summed E-state index contributed by atoms with van der Waals surface area (Å²) >= 11 is 0. The zero-order valence-electron chi connectivity index (χ0n) is 16.5. The third-order valence-corrected chi connectivity index (χ3v) is 5.49. The molecule has 1 aromatic carbocycles. The van der Waals surface area contributed by atoms with Crippen LogP contribution in [0.15, 0.2) is 18.2 Å². The molecule has 0 saturated carbocycles. The molecule has 0 aromatic heterocycles. The van der Waals surface area contributed by atoms with Gasteiger partial charge in [0.2, 0.25) is 5.91 Å². The molecule has 4 heteroatoms. The number of nitrogens with one attached hydrogen (secondary N) is 1. The van der Waals surface area contributed by atoms with Gasteiger partial charge in [-0.2, -0.15) is 0 Å². The fourth-order valence-electron chi connectivity index (χ4n) is 3.62. The van der Waals surface area contributed by atoms with Gasteiger partial charge in [0.1, 0.15) is 0 Å². The van der Waals surface area contributed by atoms with Gasteiger partial charge < -0.3 is 10.2 Å². The Balaban J connectivity index is 2.15. The largest absolute Gasteiger partial charge is 0.356 e. The van der Waals surface area contributed by atoms with Gasteiger partial charge in [-0.15, -0.1) is 0 Å². The van der Waals surface area contributed by atoms with E-state index in [0.29, 0.717) is 13.1 Å². The van der Waals surface area contributed by atoms with E-state index in [9.17, 15) is 9.59 Å². The number of fused-ring (bicyclic) bond motifs is 1. The summed E-state index contributed by atoms with van der Waals surface area (Å²) in [6.45, 7) is 11.8. The van der Waals surface area contributed by atoms with Crippen molar-refractivity contribution in [3.63, 3.8) is 0 Å². The number of carbonyl (C=O) groups excluding carboxylic acids is 2. The summed E-state index contributed by atoms with van der Waals surface area (Å²) in [4.78, 5) is 25.4. The van der Waals surface area contributed by atoms with Gasteiger partial charge in [-0.3, -0.25) is 9.59 Å². The van der Waals surface area contributed by atoms with Crippen molar-refractivity contribution in [3.8, 4) is 0 Å². The molecule has 138 valence electrons. The maximum Gasteiger partial charge on any atom is 0.253 e. The molecule has 1 N–H and O–H groups in total. The van der Waals surface area contributed by atoms with Crippen LogP contribution in [0.25, 0.3) is 0 Å². The minimum Gasteiger partial charge on any atom is -0.356 e. The molecule has 0 saturated heterocycles. The number of amides is 2. The Morgan fingerprint density at radius 3 is 2.28 bits per heavy atom. The van der Waals surface area contributed by atoms with E-state index in [4.69, 9.17) is 0 Å². The summed E-state index contributed by atoms with van der Waals surface area (Å²) in [5, 5.41) is 2.76. The smallest absolute Gasteiger partial charge is 0.253 e. The highest BCUT2D eigenvalue weighted by Gasteiger charge is 2.37. The minimum atomic E-state index is -0.0338. The van der Waals surface area contributed by atoms with Crippen LogP contribution in [0, 0.1) is 0 Å². The molecule has 1 aliphatic rings. The molecule has 2 rings (SSSR count). The number of benzene rings is 1. The van der Waals surface area contributed by atoms with Crippen molar-refractivity contribution >= 4 is 11.8 Å². The fraction of sp³-hybridized carbons (Fsp3) is 0.619. The van der Waals surface area contributed by atoms with Gasteiger partial charge in [-0.1, -0.05) is 33.8 Å². The maximum absolute atomic E-state index is 12.8. The molecule has 4 nitrogen and oxygen atoms in total. The lowest BCUT2D eigenvalue weighted by Gasteiger charge is -2.42. The SMILES string of the molecule is CC(=O)NCCCN(C)C(=O)c1ccc2c(c1)C(C)(C)CCC2(C)C. The number of rotatable bonds is 5. The molecule has 25 heavy (non-hydrogen) atoms. The summed E-state index contributed by atoms with van der Waals surface area (Å²) in [5.41, 5.74) is 3.70. The van der Waals surface area contributed by atoms with Crippen molar-refractivity contribution in [2.75, 3.05) is 20.1 Å². The normalized spacial score (nSPS) is 17.5. The third kappa shape index (κ3) is 4.42. The summed E-state index contributed by atoms with van der Waals surface area (Å²) in [5.74, 6) is 0.0123. The van der Waals surface area contributed by atoms with E-state index in [2.05, 4.69) is 45.1 Å². The van der Waals surface area contributed by atoms with E-state index in [1.165, 1.54) is 24.5 Å². The molecule has 0 spiro atoms. The number of carbonyl (C=O) groups is 2. The molecular weight excluding hydrogens is 312 g/mol. The maximum atomic E-state index is 12.8. The molecule has 0 bridgehead atoms. The molecule has 0 radical (unpaired) electrons. The molecule has 0 heterocycles. The quantitative estimate of drug-likeness (QED) is 0.829. The molecular formula is C21H32N2O2. The standard InChI is InChI=1S/C21H32N2O2/c1-15(24)22-12-7-13-23(6)19(25)16-8-9-17-18(14-16)21(4,5)11-10-20(17,2)3/h8-9,14H,7,10-13H2,1-6H3,(H,22,24). The monoisotopic (exact) mass is 344 g/mol. The Morgan fingerprint density at radius 1 is 1.08 bits per heavy atom. The second-order valence-corrected chi connectivity index (χ2v) is 8.59. The Kier molecular flexibility index (Phi) is 5.60. The van der Waals surface area contributed by atoms with E-state index in [1.807, 2.05) is 13.1 Å². The summed E-state index contributed by atoms with van der Waals surface area (Å²) < 4.78 is 0. The molecule has 0 atom stereocenters. The summed E-state index contributed by atoms with van der Waals surface area (Å²) in [6, 6.07) is 6.21. The van der Waals surface area contributed by atoms with Gasteiger partial charge in [0.15, 0.2) is 0 Å². The van der Waals surface area contributed by atoms with Crippen molar-refractivity contribution in [2.24, 2.45) is 0 Å². The van der Waals surface area contributed by atoms with Crippen molar-refractivity contribution in [2.45, 2.75) is 64.7 Å². The van der Waals surface area contributed by atoms with Gasteiger partial charge in [0.05, 0.1) is 0 Å². The lowest BCUT2D eigenvalue weighted by Crippen LogP contribution is -2.35. The van der Waals surface area contributed by atoms with E-state index >= 15 is 0 Å². The first kappa shape index (κ1) is 19.5. The van der Waals surface area contributed by atoms with Crippen molar-refractivity contribution < 1.29 is 9.59 Å². The molecule has 1 aliphatic carbocycles. The zero-order valence-corrected chi connectivity index (χ0v) is 16.5. The van der Waals surface area contributed by atoms with Gasteiger partial charge in [-0.05, 0) is 53.4 Å². The first-order valence-corrected chi connectivity index (χ1v) is 9.19. The summed E-state index contributed by atoms with van der Waals surface area (Å²) in [6.07, 6.45) is 3.06. The van der Waals surface area contributed by atoms with Crippen LogP contribution in [0.4, 0.5) is 0 Å². The van der Waals surface area contributed by atoms with Crippen molar-refractivity contribution in [3.05, 3.63) is 34.9 Å². The van der Waals surface area contributed by atoms with Crippen LogP contribution >= 0.6 is 0 Å². The predicted octanol–water partition coefficient (Wildman–Crippen LogP) is 3.63. The Labute approximate surface area is 152 Å². The zero-order chi connectivity index (χ0) is 18.8.